The van der Waals surface area contributed by atoms with Gasteiger partial charge in [-0.1, -0.05) is 37.6 Å². The van der Waals surface area contributed by atoms with Crippen LogP contribution in [0.4, 0.5) is 5.82 Å². The summed E-state index contributed by atoms with van der Waals surface area (Å²) >= 11 is 6.16. The van der Waals surface area contributed by atoms with Gasteiger partial charge in [-0.3, -0.25) is 4.79 Å². The van der Waals surface area contributed by atoms with Gasteiger partial charge in [0, 0.05) is 48.9 Å². The third kappa shape index (κ3) is 3.60. The van der Waals surface area contributed by atoms with Gasteiger partial charge >= 0.3 is 0 Å². The number of amides is 1. The van der Waals surface area contributed by atoms with Crippen LogP contribution in [0.5, 0.6) is 0 Å². The van der Waals surface area contributed by atoms with Crippen molar-refractivity contribution in [2.75, 3.05) is 31.1 Å². The number of hydrogen-bond acceptors (Lipinski definition) is 4. The number of aromatic nitrogens is 2. The lowest BCUT2D eigenvalue weighted by Crippen LogP contribution is -2.51. The highest BCUT2D eigenvalue weighted by atomic mass is 35.5. The van der Waals surface area contributed by atoms with Gasteiger partial charge in [-0.2, -0.15) is 0 Å². The summed E-state index contributed by atoms with van der Waals surface area (Å²) in [6, 6.07) is 9.81. The van der Waals surface area contributed by atoms with Crippen LogP contribution in [0, 0.1) is 6.92 Å². The predicted molar refractivity (Wildman–Crippen MR) is 112 cm³/mol. The molecular weight excluding hydrogens is 372 g/mol. The molecular formula is C22H27ClN4O. The summed E-state index contributed by atoms with van der Waals surface area (Å²) < 4.78 is 0. The van der Waals surface area contributed by atoms with E-state index >= 15 is 0 Å². The highest BCUT2D eigenvalue weighted by molar-refractivity contribution is 6.30. The van der Waals surface area contributed by atoms with Crippen molar-refractivity contribution in [1.29, 1.82) is 0 Å². The van der Waals surface area contributed by atoms with E-state index in [1.807, 2.05) is 42.2 Å². The van der Waals surface area contributed by atoms with Gasteiger partial charge in [-0.05, 0) is 37.5 Å². The molecule has 2 fully saturated rings. The average Bonchev–Trinajstić information content (AvgIpc) is 3.49. The van der Waals surface area contributed by atoms with Crippen LogP contribution in [-0.4, -0.2) is 47.0 Å². The molecule has 28 heavy (non-hydrogen) atoms. The summed E-state index contributed by atoms with van der Waals surface area (Å²) in [7, 11) is 0. The monoisotopic (exact) mass is 398 g/mol. The molecule has 1 aliphatic heterocycles. The molecule has 0 spiro atoms. The first-order valence-electron chi connectivity index (χ1n) is 10.0. The SMILES string of the molecule is Cc1cc(N2CCN(C(=O)C3(c4cccc(Cl)c4)CC3)CC2)nc(C(C)C)n1. The van der Waals surface area contributed by atoms with E-state index in [4.69, 9.17) is 16.6 Å². The number of carbonyl (C=O) groups is 1. The molecule has 1 saturated heterocycles. The zero-order chi connectivity index (χ0) is 19.9. The Hall–Kier alpha value is -2.14. The first-order valence-corrected chi connectivity index (χ1v) is 10.4. The Morgan fingerprint density at radius 2 is 1.82 bits per heavy atom. The van der Waals surface area contributed by atoms with Crippen molar-refractivity contribution in [2.45, 2.75) is 44.9 Å². The minimum atomic E-state index is -0.358. The van der Waals surface area contributed by atoms with E-state index in [-0.39, 0.29) is 11.3 Å². The number of rotatable bonds is 4. The zero-order valence-electron chi connectivity index (χ0n) is 16.8. The smallest absolute Gasteiger partial charge is 0.233 e. The minimum absolute atomic E-state index is 0.246. The van der Waals surface area contributed by atoms with E-state index < -0.39 is 0 Å². The second-order valence-electron chi connectivity index (χ2n) is 8.25. The highest BCUT2D eigenvalue weighted by Crippen LogP contribution is 2.50. The third-order valence-corrected chi connectivity index (χ3v) is 6.04. The lowest BCUT2D eigenvalue weighted by molar-refractivity contribution is -0.134. The van der Waals surface area contributed by atoms with Crippen molar-refractivity contribution in [1.82, 2.24) is 14.9 Å². The van der Waals surface area contributed by atoms with E-state index in [0.29, 0.717) is 10.9 Å². The normalized spacial score (nSPS) is 18.5. The maximum absolute atomic E-state index is 13.3. The van der Waals surface area contributed by atoms with Gasteiger partial charge in [0.05, 0.1) is 5.41 Å². The fraction of sp³-hybridized carbons (Fsp3) is 0.500. The number of carbonyl (C=O) groups excluding carboxylic acids is 1. The zero-order valence-corrected chi connectivity index (χ0v) is 17.5. The van der Waals surface area contributed by atoms with Crippen molar-refractivity contribution in [2.24, 2.45) is 0 Å². The maximum Gasteiger partial charge on any atom is 0.233 e. The third-order valence-electron chi connectivity index (χ3n) is 5.80. The van der Waals surface area contributed by atoms with Crippen LogP contribution in [0.3, 0.4) is 0 Å². The van der Waals surface area contributed by atoms with Gasteiger partial charge in [0.25, 0.3) is 0 Å². The first-order chi connectivity index (χ1) is 13.4. The van der Waals surface area contributed by atoms with Gasteiger partial charge < -0.3 is 9.80 Å². The van der Waals surface area contributed by atoms with Gasteiger partial charge in [0.2, 0.25) is 5.91 Å². The largest absolute Gasteiger partial charge is 0.353 e. The topological polar surface area (TPSA) is 49.3 Å². The van der Waals surface area contributed by atoms with Crippen LogP contribution in [0.25, 0.3) is 0 Å². The van der Waals surface area contributed by atoms with Crippen LogP contribution in [0.15, 0.2) is 30.3 Å². The number of halogens is 1. The van der Waals surface area contributed by atoms with E-state index in [1.165, 1.54) is 0 Å². The molecule has 0 atom stereocenters. The van der Waals surface area contributed by atoms with Gasteiger partial charge in [-0.25, -0.2) is 9.97 Å². The molecule has 0 radical (unpaired) electrons. The molecule has 2 aliphatic rings. The molecule has 148 valence electrons. The van der Waals surface area contributed by atoms with E-state index in [0.717, 1.165) is 61.9 Å². The predicted octanol–water partition coefficient (Wildman–Crippen LogP) is 3.94. The molecule has 0 N–H and O–H groups in total. The Balaban J connectivity index is 1.45. The van der Waals surface area contributed by atoms with Crippen molar-refractivity contribution in [3.05, 3.63) is 52.4 Å². The fourth-order valence-corrected chi connectivity index (χ4v) is 4.16. The number of nitrogens with zero attached hydrogens (tertiary/aromatic N) is 4. The molecule has 6 heteroatoms. The van der Waals surface area contributed by atoms with Crippen molar-refractivity contribution in [3.63, 3.8) is 0 Å². The molecule has 1 aromatic carbocycles. The van der Waals surface area contributed by atoms with Crippen molar-refractivity contribution in [3.8, 4) is 0 Å². The lowest BCUT2D eigenvalue weighted by atomic mass is 9.94. The van der Waals surface area contributed by atoms with Crippen LogP contribution >= 0.6 is 11.6 Å². The highest BCUT2D eigenvalue weighted by Gasteiger charge is 2.53. The van der Waals surface area contributed by atoms with Gasteiger partial charge in [0.15, 0.2) is 0 Å². The fourth-order valence-electron chi connectivity index (χ4n) is 3.97. The average molecular weight is 399 g/mol. The molecule has 0 unspecified atom stereocenters. The maximum atomic E-state index is 13.3. The van der Waals surface area contributed by atoms with E-state index in [9.17, 15) is 4.79 Å². The number of anilines is 1. The van der Waals surface area contributed by atoms with Crippen molar-refractivity contribution >= 4 is 23.3 Å². The number of hydrogen-bond donors (Lipinski definition) is 0. The summed E-state index contributed by atoms with van der Waals surface area (Å²) in [6.45, 7) is 9.28. The number of benzene rings is 1. The molecule has 1 saturated carbocycles. The van der Waals surface area contributed by atoms with E-state index in [1.54, 1.807) is 0 Å². The van der Waals surface area contributed by atoms with Gasteiger partial charge in [0.1, 0.15) is 11.6 Å². The molecule has 0 bridgehead atoms. The Morgan fingerprint density at radius 3 is 2.43 bits per heavy atom. The molecule has 1 aromatic heterocycles. The quantitative estimate of drug-likeness (QED) is 0.782. The molecule has 4 rings (SSSR count). The number of aryl methyl sites for hydroxylation is 1. The summed E-state index contributed by atoms with van der Waals surface area (Å²) in [5.41, 5.74) is 1.69. The molecule has 2 aromatic rings. The second-order valence-corrected chi connectivity index (χ2v) is 8.69. The summed E-state index contributed by atoms with van der Waals surface area (Å²) in [6.07, 6.45) is 1.82. The Bertz CT molecular complexity index is 886. The molecule has 2 heterocycles. The van der Waals surface area contributed by atoms with Crippen LogP contribution in [0.1, 0.15) is 49.7 Å². The van der Waals surface area contributed by atoms with Crippen LogP contribution < -0.4 is 4.90 Å². The first kappa shape index (κ1) is 19.2. The van der Waals surface area contributed by atoms with Crippen LogP contribution in [0.2, 0.25) is 5.02 Å². The Kier molecular flexibility index (Phi) is 5.04. The van der Waals surface area contributed by atoms with Crippen LogP contribution in [-0.2, 0) is 10.2 Å². The minimum Gasteiger partial charge on any atom is -0.353 e. The standard InChI is InChI=1S/C22H27ClN4O/c1-15(2)20-24-16(3)13-19(25-20)26-9-11-27(12-10-26)21(28)22(7-8-22)17-5-4-6-18(23)14-17/h4-6,13-15H,7-12H2,1-3H3. The summed E-state index contributed by atoms with van der Waals surface area (Å²) in [5, 5.41) is 0.696. The molecule has 1 aliphatic carbocycles. The Morgan fingerprint density at radius 1 is 1.11 bits per heavy atom. The molecule has 1 amide bonds. The lowest BCUT2D eigenvalue weighted by Gasteiger charge is -2.37. The summed E-state index contributed by atoms with van der Waals surface area (Å²) in [4.78, 5) is 26.8. The summed E-state index contributed by atoms with van der Waals surface area (Å²) in [5.74, 6) is 2.40. The van der Waals surface area contributed by atoms with Gasteiger partial charge in [-0.15, -0.1) is 0 Å². The van der Waals surface area contributed by atoms with Crippen molar-refractivity contribution < 1.29 is 4.79 Å². The molecule has 5 nitrogen and oxygen atoms in total. The second kappa shape index (κ2) is 7.36. The Labute approximate surface area is 171 Å². The van der Waals surface area contributed by atoms with E-state index in [2.05, 4.69) is 23.7 Å². The number of piperazine rings is 1.